The number of aromatic nitrogens is 4. The zero-order valence-corrected chi connectivity index (χ0v) is 37.0. The van der Waals surface area contributed by atoms with E-state index in [1.165, 1.54) is 54.8 Å². The van der Waals surface area contributed by atoms with Gasteiger partial charge in [0.1, 0.15) is 0 Å². The van der Waals surface area contributed by atoms with Crippen LogP contribution in [0.25, 0.3) is 122 Å². The molecule has 0 N–H and O–H groups in total. The number of benzene rings is 10. The Hall–Kier alpha value is -9.12. The molecule has 0 saturated carbocycles. The van der Waals surface area contributed by atoms with E-state index >= 15 is 0 Å². The van der Waals surface area contributed by atoms with Gasteiger partial charge in [0.05, 0.1) is 33.5 Å². The van der Waals surface area contributed by atoms with E-state index < -0.39 is 0 Å². The molecule has 0 atom stereocenters. The van der Waals surface area contributed by atoms with Crippen molar-refractivity contribution < 1.29 is 0 Å². The predicted octanol–water partition coefficient (Wildman–Crippen LogP) is 16.7. The van der Waals surface area contributed by atoms with Gasteiger partial charge in [0, 0.05) is 49.6 Å². The second-order valence-electron chi connectivity index (χ2n) is 17.4. The normalized spacial score (nSPS) is 11.5. The Morgan fingerprint density at radius 1 is 0.221 bits per heavy atom. The van der Waals surface area contributed by atoms with Crippen molar-refractivity contribution >= 4 is 43.6 Å². The summed E-state index contributed by atoms with van der Waals surface area (Å²) in [6.07, 6.45) is 0. The first-order valence-corrected chi connectivity index (χ1v) is 23.1. The number of rotatable bonds is 8. The van der Waals surface area contributed by atoms with Crippen molar-refractivity contribution in [2.24, 2.45) is 0 Å². The molecule has 10 aromatic carbocycles. The molecule has 0 unspecified atom stereocenters. The van der Waals surface area contributed by atoms with Gasteiger partial charge in [-0.3, -0.25) is 0 Å². The van der Waals surface area contributed by atoms with E-state index in [2.05, 4.69) is 252 Å². The Kier molecular flexibility index (Phi) is 9.47. The molecule has 4 nitrogen and oxygen atoms in total. The van der Waals surface area contributed by atoms with Gasteiger partial charge in [-0.15, -0.1) is 0 Å². The summed E-state index contributed by atoms with van der Waals surface area (Å²) in [4.78, 5) is 10.4. The molecule has 0 aliphatic carbocycles. The molecule has 0 saturated heterocycles. The molecule has 3 aromatic heterocycles. The molecule has 13 aromatic rings. The maximum Gasteiger partial charge on any atom is 0.160 e. The van der Waals surface area contributed by atoms with E-state index in [0.29, 0.717) is 5.82 Å². The fraction of sp³-hybridized carbons (Fsp3) is 0. The largest absolute Gasteiger partial charge is 0.309 e. The summed E-state index contributed by atoms with van der Waals surface area (Å²) in [5.41, 5.74) is 18.7. The summed E-state index contributed by atoms with van der Waals surface area (Å²) >= 11 is 0. The van der Waals surface area contributed by atoms with Gasteiger partial charge in [-0.25, -0.2) is 9.97 Å². The number of hydrogen-bond acceptors (Lipinski definition) is 2. The van der Waals surface area contributed by atoms with Crippen LogP contribution in [0.4, 0.5) is 0 Å². The van der Waals surface area contributed by atoms with E-state index in [0.717, 1.165) is 61.6 Å². The maximum absolute atomic E-state index is 5.18. The Balaban J connectivity index is 0.954. The minimum Gasteiger partial charge on any atom is -0.309 e. The third-order valence-corrected chi connectivity index (χ3v) is 13.3. The summed E-state index contributed by atoms with van der Waals surface area (Å²) in [6, 6.07) is 91.2. The highest BCUT2D eigenvalue weighted by Gasteiger charge is 2.19. The number of nitrogens with zero attached hydrogens (tertiary/aromatic N) is 4. The van der Waals surface area contributed by atoms with Crippen LogP contribution in [0.1, 0.15) is 0 Å². The highest BCUT2D eigenvalue weighted by molar-refractivity contribution is 6.12. The quantitative estimate of drug-likeness (QED) is 0.153. The third-order valence-electron chi connectivity index (χ3n) is 13.3. The van der Waals surface area contributed by atoms with Gasteiger partial charge < -0.3 is 9.13 Å². The third kappa shape index (κ3) is 6.86. The van der Waals surface area contributed by atoms with Crippen molar-refractivity contribution in [3.63, 3.8) is 0 Å². The van der Waals surface area contributed by atoms with Crippen LogP contribution in [0.2, 0.25) is 0 Å². The molecule has 0 fully saturated rings. The summed E-state index contributed by atoms with van der Waals surface area (Å²) in [7, 11) is 0. The molecule has 318 valence electrons. The van der Waals surface area contributed by atoms with Crippen molar-refractivity contribution in [1.82, 2.24) is 19.1 Å². The average Bonchev–Trinajstić information content (AvgIpc) is 3.94. The standard InChI is InChI=1S/C64H42N4/c1-5-18-43(19-6-1)50-36-51(44-20-7-2-8-21-44)39-53(38-50)68-61-31-16-14-29-55(61)57-40-47(33-35-62(57)68)48-32-34-56-54-28-13-15-30-60(54)67(63(56)41-48)52-27-17-26-49(37-52)64-65-58(45-22-9-3-10-23-45)42-59(66-64)46-24-11-4-12-25-46/h1-42H. The maximum atomic E-state index is 5.18. The molecule has 68 heavy (non-hydrogen) atoms. The van der Waals surface area contributed by atoms with E-state index in [-0.39, 0.29) is 0 Å². The van der Waals surface area contributed by atoms with Crippen LogP contribution in [0.15, 0.2) is 255 Å². The molecule has 0 amide bonds. The van der Waals surface area contributed by atoms with Crippen LogP contribution in [-0.2, 0) is 0 Å². The van der Waals surface area contributed by atoms with Crippen molar-refractivity contribution in [3.8, 4) is 78.7 Å². The van der Waals surface area contributed by atoms with Gasteiger partial charge in [-0.05, 0) is 100 Å². The Morgan fingerprint density at radius 2 is 0.662 bits per heavy atom. The zero-order valence-electron chi connectivity index (χ0n) is 37.0. The van der Waals surface area contributed by atoms with Crippen molar-refractivity contribution in [1.29, 1.82) is 0 Å². The molecule has 0 spiro atoms. The summed E-state index contributed by atoms with van der Waals surface area (Å²) in [6.45, 7) is 0. The van der Waals surface area contributed by atoms with E-state index in [9.17, 15) is 0 Å². The van der Waals surface area contributed by atoms with Gasteiger partial charge in [0.15, 0.2) is 5.82 Å². The molecule has 0 bridgehead atoms. The number of fused-ring (bicyclic) bond motifs is 6. The first-order chi connectivity index (χ1) is 33.7. The molecule has 0 radical (unpaired) electrons. The van der Waals surface area contributed by atoms with E-state index in [1.807, 2.05) is 12.1 Å². The lowest BCUT2D eigenvalue weighted by atomic mass is 9.98. The number of hydrogen-bond donors (Lipinski definition) is 0. The SMILES string of the molecule is c1ccc(-c2cc(-c3ccccc3)cc(-n3c4ccccc4c4cc(-c5ccc6c7ccccc7n(-c7cccc(-c8nc(-c9ccccc9)cc(-c9ccccc9)n8)c7)c6c5)ccc43)c2)cc1. The lowest BCUT2D eigenvalue weighted by Crippen LogP contribution is -1.98. The molecular weight excluding hydrogens is 825 g/mol. The summed E-state index contributed by atoms with van der Waals surface area (Å²) < 4.78 is 4.83. The zero-order chi connectivity index (χ0) is 45.0. The smallest absolute Gasteiger partial charge is 0.160 e. The van der Waals surface area contributed by atoms with Crippen LogP contribution in [0.3, 0.4) is 0 Å². The molecular formula is C64H42N4. The van der Waals surface area contributed by atoms with Crippen LogP contribution in [0, 0.1) is 0 Å². The molecule has 0 aliphatic heterocycles. The Bertz CT molecular complexity index is 3890. The van der Waals surface area contributed by atoms with Gasteiger partial charge >= 0.3 is 0 Å². The van der Waals surface area contributed by atoms with Crippen LogP contribution >= 0.6 is 0 Å². The lowest BCUT2D eigenvalue weighted by molar-refractivity contribution is 1.16. The predicted molar refractivity (Wildman–Crippen MR) is 283 cm³/mol. The first kappa shape index (κ1) is 39.3. The van der Waals surface area contributed by atoms with E-state index in [4.69, 9.17) is 9.97 Å². The highest BCUT2D eigenvalue weighted by atomic mass is 15.0. The molecule has 4 heteroatoms. The Labute approximate surface area is 394 Å². The van der Waals surface area contributed by atoms with Crippen molar-refractivity contribution in [3.05, 3.63) is 255 Å². The highest BCUT2D eigenvalue weighted by Crippen LogP contribution is 2.40. The molecule has 13 rings (SSSR count). The van der Waals surface area contributed by atoms with Crippen LogP contribution in [0.5, 0.6) is 0 Å². The summed E-state index contributed by atoms with van der Waals surface area (Å²) in [5.74, 6) is 0.684. The van der Waals surface area contributed by atoms with E-state index in [1.54, 1.807) is 0 Å². The molecule has 0 aliphatic rings. The second-order valence-corrected chi connectivity index (χ2v) is 17.4. The van der Waals surface area contributed by atoms with Gasteiger partial charge in [0.25, 0.3) is 0 Å². The monoisotopic (exact) mass is 866 g/mol. The second kappa shape index (κ2) is 16.4. The van der Waals surface area contributed by atoms with Gasteiger partial charge in [0.2, 0.25) is 0 Å². The summed E-state index contributed by atoms with van der Waals surface area (Å²) in [5, 5.41) is 4.84. The topological polar surface area (TPSA) is 35.6 Å². The minimum absolute atomic E-state index is 0.684. The fourth-order valence-corrected chi connectivity index (χ4v) is 10.1. The van der Waals surface area contributed by atoms with Crippen molar-refractivity contribution in [2.75, 3.05) is 0 Å². The van der Waals surface area contributed by atoms with Gasteiger partial charge in [-0.2, -0.15) is 0 Å². The first-order valence-electron chi connectivity index (χ1n) is 23.1. The average molecular weight is 867 g/mol. The number of para-hydroxylation sites is 2. The Morgan fingerprint density at radius 3 is 1.26 bits per heavy atom. The van der Waals surface area contributed by atoms with Crippen molar-refractivity contribution in [2.45, 2.75) is 0 Å². The fourth-order valence-electron chi connectivity index (χ4n) is 10.1. The lowest BCUT2D eigenvalue weighted by Gasteiger charge is -2.14. The minimum atomic E-state index is 0.684. The van der Waals surface area contributed by atoms with Crippen LogP contribution in [-0.4, -0.2) is 19.1 Å². The van der Waals surface area contributed by atoms with Gasteiger partial charge in [-0.1, -0.05) is 188 Å². The molecule has 3 heterocycles. The van der Waals surface area contributed by atoms with Crippen LogP contribution < -0.4 is 0 Å².